The third-order valence-corrected chi connectivity index (χ3v) is 7.85. The molecule has 0 aromatic heterocycles. The summed E-state index contributed by atoms with van der Waals surface area (Å²) >= 11 is 0. The van der Waals surface area contributed by atoms with E-state index in [9.17, 15) is 4.57 Å². The van der Waals surface area contributed by atoms with Crippen molar-refractivity contribution in [2.45, 2.75) is 103 Å². The predicted octanol–water partition coefficient (Wildman–Crippen LogP) is 9.10. The molecule has 1 heterocycles. The molecule has 0 saturated carbocycles. The van der Waals surface area contributed by atoms with Crippen LogP contribution in [0.25, 0.3) is 0 Å². The van der Waals surface area contributed by atoms with Crippen molar-refractivity contribution in [1.82, 2.24) is 0 Å². The molecule has 2 aromatic carbocycles. The van der Waals surface area contributed by atoms with Crippen LogP contribution in [0.15, 0.2) is 60.7 Å². The Kier molecular flexibility index (Phi) is 14.1. The summed E-state index contributed by atoms with van der Waals surface area (Å²) in [6.45, 7) is 2.83. The Morgan fingerprint density at radius 3 is 1.57 bits per heavy atom. The van der Waals surface area contributed by atoms with Crippen LogP contribution in [0.3, 0.4) is 0 Å². The van der Waals surface area contributed by atoms with Crippen molar-refractivity contribution in [3.63, 3.8) is 0 Å². The lowest BCUT2D eigenvalue weighted by Gasteiger charge is -2.31. The van der Waals surface area contributed by atoms with Gasteiger partial charge in [0.25, 0.3) is 0 Å². The molecule has 0 amide bonds. The van der Waals surface area contributed by atoms with E-state index < -0.39 is 13.9 Å². The van der Waals surface area contributed by atoms with Gasteiger partial charge in [0.05, 0.1) is 13.2 Å². The second-order valence-electron chi connectivity index (χ2n) is 9.76. The van der Waals surface area contributed by atoms with Crippen LogP contribution in [0.5, 0.6) is 11.5 Å². The van der Waals surface area contributed by atoms with Gasteiger partial charge in [-0.05, 0) is 37.1 Å². The number of phosphoric ester groups is 1. The molecule has 0 aliphatic carbocycles. The maximum atomic E-state index is 13.5. The van der Waals surface area contributed by atoms with Gasteiger partial charge in [-0.15, -0.1) is 0 Å². The molecule has 37 heavy (non-hydrogen) atoms. The molecule has 206 valence electrons. The van der Waals surface area contributed by atoms with Gasteiger partial charge in [-0.25, -0.2) is 4.57 Å². The summed E-state index contributed by atoms with van der Waals surface area (Å²) in [4.78, 5) is 0. The molecule has 1 aliphatic heterocycles. The lowest BCUT2D eigenvalue weighted by molar-refractivity contribution is -0.215. The van der Waals surface area contributed by atoms with Gasteiger partial charge in [0.15, 0.2) is 6.29 Å². The summed E-state index contributed by atoms with van der Waals surface area (Å²) in [5.41, 5.74) is 0. The number of ether oxygens (including phenoxy) is 2. The van der Waals surface area contributed by atoms with Gasteiger partial charge in [-0.1, -0.05) is 114 Å². The predicted molar refractivity (Wildman–Crippen MR) is 148 cm³/mol. The zero-order chi connectivity index (χ0) is 26.0. The van der Waals surface area contributed by atoms with Gasteiger partial charge in [-0.2, -0.15) is 0 Å². The van der Waals surface area contributed by atoms with Crippen LogP contribution >= 0.6 is 7.82 Å². The summed E-state index contributed by atoms with van der Waals surface area (Å²) in [6.07, 6.45) is 15.9. The minimum atomic E-state index is -3.96. The van der Waals surface area contributed by atoms with E-state index >= 15 is 0 Å². The minimum Gasteiger partial charge on any atom is -0.395 e. The fourth-order valence-electron chi connectivity index (χ4n) is 4.37. The normalized spacial score (nSPS) is 18.0. The van der Waals surface area contributed by atoms with Gasteiger partial charge in [0.1, 0.15) is 17.6 Å². The molecule has 0 atom stereocenters. The van der Waals surface area contributed by atoms with Gasteiger partial charge in [-0.3, -0.25) is 4.52 Å². The summed E-state index contributed by atoms with van der Waals surface area (Å²) in [7, 11) is -3.96. The zero-order valence-electron chi connectivity index (χ0n) is 22.4. The van der Waals surface area contributed by atoms with Crippen LogP contribution < -0.4 is 9.05 Å². The summed E-state index contributed by atoms with van der Waals surface area (Å²) in [5, 5.41) is 0. The first-order valence-corrected chi connectivity index (χ1v) is 15.6. The fraction of sp³-hybridized carbons (Fsp3) is 0.600. The van der Waals surface area contributed by atoms with E-state index in [1.807, 2.05) is 12.1 Å². The van der Waals surface area contributed by atoms with Crippen LogP contribution in [0.1, 0.15) is 90.4 Å². The SMILES string of the molecule is CCCCCCCCCCCCCCC1OCC(OP(=O)(Oc2ccccc2)Oc2ccccc2)CO1. The molecule has 0 radical (unpaired) electrons. The Bertz CT molecular complexity index is 825. The van der Waals surface area contributed by atoms with Crippen LogP contribution in [-0.2, 0) is 18.6 Å². The molecule has 3 rings (SSSR count). The Morgan fingerprint density at radius 1 is 0.676 bits per heavy atom. The number of unbranched alkanes of at least 4 members (excludes halogenated alkanes) is 11. The highest BCUT2D eigenvalue weighted by Crippen LogP contribution is 2.51. The van der Waals surface area contributed by atoms with Crippen LogP contribution in [0, 0.1) is 0 Å². The number of phosphoric acid groups is 1. The molecule has 1 fully saturated rings. The lowest BCUT2D eigenvalue weighted by atomic mass is 10.0. The molecule has 0 unspecified atom stereocenters. The molecule has 1 aliphatic rings. The number of benzene rings is 2. The molecule has 6 nitrogen and oxygen atoms in total. The number of para-hydroxylation sites is 2. The zero-order valence-corrected chi connectivity index (χ0v) is 23.3. The molecule has 1 saturated heterocycles. The highest BCUT2D eigenvalue weighted by atomic mass is 31.2. The third-order valence-electron chi connectivity index (χ3n) is 6.43. The highest BCUT2D eigenvalue weighted by molar-refractivity contribution is 7.49. The van der Waals surface area contributed by atoms with Gasteiger partial charge >= 0.3 is 7.82 Å². The minimum absolute atomic E-state index is 0.243. The second-order valence-corrected chi connectivity index (χ2v) is 11.2. The van der Waals surface area contributed by atoms with E-state index in [1.54, 1.807) is 48.5 Å². The summed E-state index contributed by atoms with van der Waals surface area (Å²) in [6, 6.07) is 17.8. The number of hydrogen-bond acceptors (Lipinski definition) is 6. The highest BCUT2D eigenvalue weighted by Gasteiger charge is 2.37. The van der Waals surface area contributed by atoms with E-state index in [2.05, 4.69) is 6.92 Å². The molecule has 7 heteroatoms. The van der Waals surface area contributed by atoms with E-state index in [0.717, 1.165) is 12.8 Å². The van der Waals surface area contributed by atoms with E-state index in [4.69, 9.17) is 23.0 Å². The van der Waals surface area contributed by atoms with E-state index in [1.165, 1.54) is 70.6 Å². The van der Waals surface area contributed by atoms with Crippen molar-refractivity contribution in [1.29, 1.82) is 0 Å². The Hall–Kier alpha value is -1.85. The lowest BCUT2D eigenvalue weighted by Crippen LogP contribution is -2.37. The molecule has 2 aromatic rings. The van der Waals surface area contributed by atoms with Gasteiger partial charge in [0, 0.05) is 0 Å². The summed E-state index contributed by atoms with van der Waals surface area (Å²) < 4.78 is 42.4. The van der Waals surface area contributed by atoms with E-state index in [-0.39, 0.29) is 19.5 Å². The number of rotatable bonds is 19. The Labute approximate surface area is 223 Å². The van der Waals surface area contributed by atoms with Crippen molar-refractivity contribution in [3.05, 3.63) is 60.7 Å². The Morgan fingerprint density at radius 2 is 1.11 bits per heavy atom. The van der Waals surface area contributed by atoms with Crippen molar-refractivity contribution >= 4 is 7.82 Å². The second kappa shape index (κ2) is 17.6. The smallest absolute Gasteiger partial charge is 0.395 e. The van der Waals surface area contributed by atoms with Gasteiger partial charge in [0.2, 0.25) is 0 Å². The maximum Gasteiger partial charge on any atom is 0.588 e. The first-order chi connectivity index (χ1) is 18.2. The van der Waals surface area contributed by atoms with Crippen molar-refractivity contribution < 1.29 is 27.6 Å². The molecule has 0 N–H and O–H groups in total. The standard InChI is InChI=1S/C30H45O6P/c1-2-3-4-5-6-7-8-9-10-11-12-19-24-30-32-25-29(26-33-30)36-37(31,34-27-20-15-13-16-21-27)35-28-22-17-14-18-23-28/h13-18,20-23,29-30H,2-12,19,24-26H2,1H3. The molecule has 0 bridgehead atoms. The fourth-order valence-corrected chi connectivity index (χ4v) is 5.74. The largest absolute Gasteiger partial charge is 0.588 e. The topological polar surface area (TPSA) is 63.2 Å². The quantitative estimate of drug-likeness (QED) is 0.133. The first-order valence-electron chi connectivity index (χ1n) is 14.2. The maximum absolute atomic E-state index is 13.5. The monoisotopic (exact) mass is 532 g/mol. The average Bonchev–Trinajstić information content (AvgIpc) is 2.91. The average molecular weight is 533 g/mol. The van der Waals surface area contributed by atoms with Crippen LogP contribution in [0.2, 0.25) is 0 Å². The molecular formula is C30H45O6P. The number of hydrogen-bond donors (Lipinski definition) is 0. The molecular weight excluding hydrogens is 487 g/mol. The Balaban J connectivity index is 1.31. The summed E-state index contributed by atoms with van der Waals surface area (Å²) in [5.74, 6) is 0.813. The van der Waals surface area contributed by atoms with Gasteiger partial charge < -0.3 is 18.5 Å². The van der Waals surface area contributed by atoms with Crippen LogP contribution in [0.4, 0.5) is 0 Å². The van der Waals surface area contributed by atoms with Crippen LogP contribution in [-0.4, -0.2) is 25.6 Å². The van der Waals surface area contributed by atoms with Crippen molar-refractivity contribution in [2.24, 2.45) is 0 Å². The third kappa shape index (κ3) is 12.5. The van der Waals surface area contributed by atoms with E-state index in [0.29, 0.717) is 11.5 Å². The van der Waals surface area contributed by atoms with Crippen molar-refractivity contribution in [3.8, 4) is 11.5 Å². The van der Waals surface area contributed by atoms with Crippen molar-refractivity contribution in [2.75, 3.05) is 13.2 Å². The molecule has 0 spiro atoms. The first kappa shape index (κ1) is 29.7.